The zero-order valence-electron chi connectivity index (χ0n) is 13.9. The van der Waals surface area contributed by atoms with E-state index >= 15 is 0 Å². The van der Waals surface area contributed by atoms with Crippen molar-refractivity contribution in [3.63, 3.8) is 0 Å². The first-order valence-electron chi connectivity index (χ1n) is 8.05. The quantitative estimate of drug-likeness (QED) is 0.911. The van der Waals surface area contributed by atoms with Gasteiger partial charge in [-0.15, -0.1) is 0 Å². The van der Waals surface area contributed by atoms with Gasteiger partial charge in [-0.2, -0.15) is 0 Å². The minimum atomic E-state index is -0.489. The van der Waals surface area contributed by atoms with Gasteiger partial charge in [0.2, 0.25) is 5.91 Å². The average molecular weight is 323 g/mol. The molecule has 24 heavy (non-hydrogen) atoms. The van der Waals surface area contributed by atoms with E-state index in [2.05, 4.69) is 10.6 Å². The SMILES string of the molecule is Cc1ccc(NC(=O)N[C@@H]2CCN(c3ccc(C)cc3)C2=O)cc1. The van der Waals surface area contributed by atoms with E-state index in [1.807, 2.05) is 62.4 Å². The van der Waals surface area contributed by atoms with Crippen LogP contribution in [0.25, 0.3) is 0 Å². The van der Waals surface area contributed by atoms with Crippen LogP contribution >= 0.6 is 0 Å². The van der Waals surface area contributed by atoms with Crippen molar-refractivity contribution >= 4 is 23.3 Å². The maximum Gasteiger partial charge on any atom is 0.319 e. The molecule has 5 nitrogen and oxygen atoms in total. The first-order chi connectivity index (χ1) is 11.5. The summed E-state index contributed by atoms with van der Waals surface area (Å²) in [5.41, 5.74) is 3.85. The van der Waals surface area contributed by atoms with E-state index in [0.29, 0.717) is 18.7 Å². The smallest absolute Gasteiger partial charge is 0.319 e. The summed E-state index contributed by atoms with van der Waals surface area (Å²) < 4.78 is 0. The van der Waals surface area contributed by atoms with E-state index in [0.717, 1.165) is 16.8 Å². The number of amides is 3. The van der Waals surface area contributed by atoms with E-state index < -0.39 is 6.04 Å². The minimum Gasteiger partial charge on any atom is -0.326 e. The van der Waals surface area contributed by atoms with Gasteiger partial charge in [-0.3, -0.25) is 4.79 Å². The Balaban J connectivity index is 1.60. The van der Waals surface area contributed by atoms with Crippen LogP contribution < -0.4 is 15.5 Å². The molecule has 0 unspecified atom stereocenters. The molecule has 1 atom stereocenters. The fourth-order valence-electron chi connectivity index (χ4n) is 2.76. The van der Waals surface area contributed by atoms with Gasteiger partial charge in [-0.05, 0) is 44.5 Å². The molecule has 0 spiro atoms. The highest BCUT2D eigenvalue weighted by molar-refractivity contribution is 6.02. The molecule has 0 radical (unpaired) electrons. The standard InChI is InChI=1S/C19H21N3O2/c1-13-3-7-15(8-4-13)20-19(24)21-17-11-12-22(18(17)23)16-9-5-14(2)6-10-16/h3-10,17H,11-12H2,1-2H3,(H2,20,21,24)/t17-/m1/s1. The normalized spacial score (nSPS) is 17.0. The predicted octanol–water partition coefficient (Wildman–Crippen LogP) is 3.23. The van der Waals surface area contributed by atoms with Crippen LogP contribution in [0.5, 0.6) is 0 Å². The molecule has 1 aliphatic heterocycles. The van der Waals surface area contributed by atoms with Crippen molar-refractivity contribution in [2.24, 2.45) is 0 Å². The summed E-state index contributed by atoms with van der Waals surface area (Å²) >= 11 is 0. The van der Waals surface area contributed by atoms with Crippen molar-refractivity contribution in [1.82, 2.24) is 5.32 Å². The van der Waals surface area contributed by atoms with Crippen molar-refractivity contribution < 1.29 is 9.59 Å². The van der Waals surface area contributed by atoms with Crippen molar-refractivity contribution in [2.75, 3.05) is 16.8 Å². The van der Waals surface area contributed by atoms with Gasteiger partial charge in [0, 0.05) is 17.9 Å². The number of carbonyl (C=O) groups excluding carboxylic acids is 2. The summed E-state index contributed by atoms with van der Waals surface area (Å²) in [4.78, 5) is 26.3. The largest absolute Gasteiger partial charge is 0.326 e. The highest BCUT2D eigenvalue weighted by Gasteiger charge is 2.33. The monoisotopic (exact) mass is 323 g/mol. The van der Waals surface area contributed by atoms with Crippen LogP contribution in [-0.2, 0) is 4.79 Å². The first-order valence-corrected chi connectivity index (χ1v) is 8.05. The lowest BCUT2D eigenvalue weighted by molar-refractivity contribution is -0.118. The molecule has 2 N–H and O–H groups in total. The van der Waals surface area contributed by atoms with Gasteiger partial charge >= 0.3 is 6.03 Å². The lowest BCUT2D eigenvalue weighted by Crippen LogP contribution is -2.43. The maximum absolute atomic E-state index is 12.5. The Morgan fingerprint density at radius 1 is 1.00 bits per heavy atom. The number of anilines is 2. The Morgan fingerprint density at radius 2 is 1.58 bits per heavy atom. The van der Waals surface area contributed by atoms with E-state index in [1.54, 1.807) is 4.90 Å². The van der Waals surface area contributed by atoms with Crippen LogP contribution in [0.4, 0.5) is 16.2 Å². The average Bonchev–Trinajstić information content (AvgIpc) is 2.91. The molecule has 0 aromatic heterocycles. The number of hydrogen-bond donors (Lipinski definition) is 2. The summed E-state index contributed by atoms with van der Waals surface area (Å²) in [5, 5.41) is 5.52. The number of carbonyl (C=O) groups is 2. The molecule has 0 aliphatic carbocycles. The third-order valence-corrected chi connectivity index (χ3v) is 4.17. The second kappa shape index (κ2) is 6.74. The highest BCUT2D eigenvalue weighted by atomic mass is 16.2. The fraction of sp³-hybridized carbons (Fsp3) is 0.263. The van der Waals surface area contributed by atoms with Crippen LogP contribution in [0.1, 0.15) is 17.5 Å². The van der Waals surface area contributed by atoms with Crippen molar-refractivity contribution in [1.29, 1.82) is 0 Å². The summed E-state index contributed by atoms with van der Waals surface area (Å²) in [5.74, 6) is -0.0714. The lowest BCUT2D eigenvalue weighted by Gasteiger charge is -2.17. The van der Waals surface area contributed by atoms with E-state index in [1.165, 1.54) is 0 Å². The van der Waals surface area contributed by atoms with Gasteiger partial charge < -0.3 is 15.5 Å². The summed E-state index contributed by atoms with van der Waals surface area (Å²) in [6, 6.07) is 14.5. The lowest BCUT2D eigenvalue weighted by atomic mass is 10.2. The molecular formula is C19H21N3O2. The first kappa shape index (κ1) is 16.1. The third kappa shape index (κ3) is 3.56. The molecule has 124 valence electrons. The van der Waals surface area contributed by atoms with Crippen molar-refractivity contribution in [3.8, 4) is 0 Å². The molecule has 3 amide bonds. The Morgan fingerprint density at radius 3 is 2.21 bits per heavy atom. The van der Waals surface area contributed by atoms with Gasteiger partial charge in [0.15, 0.2) is 0 Å². The maximum atomic E-state index is 12.5. The van der Waals surface area contributed by atoms with Crippen LogP contribution in [0.2, 0.25) is 0 Å². The molecule has 2 aromatic rings. The van der Waals surface area contributed by atoms with Gasteiger partial charge in [-0.25, -0.2) is 4.79 Å². The number of nitrogens with zero attached hydrogens (tertiary/aromatic N) is 1. The van der Waals surface area contributed by atoms with Crippen LogP contribution in [-0.4, -0.2) is 24.5 Å². The third-order valence-electron chi connectivity index (χ3n) is 4.17. The Kier molecular flexibility index (Phi) is 4.51. The Hall–Kier alpha value is -2.82. The molecule has 1 aliphatic rings. The number of nitrogens with one attached hydrogen (secondary N) is 2. The number of hydrogen-bond acceptors (Lipinski definition) is 2. The molecule has 2 aromatic carbocycles. The predicted molar refractivity (Wildman–Crippen MR) is 95.3 cm³/mol. The molecule has 0 bridgehead atoms. The summed E-state index contributed by atoms with van der Waals surface area (Å²) in [6.45, 7) is 4.60. The van der Waals surface area contributed by atoms with Gasteiger partial charge in [-0.1, -0.05) is 35.4 Å². The van der Waals surface area contributed by atoms with E-state index in [-0.39, 0.29) is 11.9 Å². The zero-order valence-corrected chi connectivity index (χ0v) is 13.9. The second-order valence-corrected chi connectivity index (χ2v) is 6.13. The Labute approximate surface area is 141 Å². The minimum absolute atomic E-state index is 0.0714. The number of benzene rings is 2. The molecule has 0 saturated carbocycles. The molecule has 5 heteroatoms. The van der Waals surface area contributed by atoms with Gasteiger partial charge in [0.05, 0.1) is 0 Å². The van der Waals surface area contributed by atoms with Crippen molar-refractivity contribution in [2.45, 2.75) is 26.3 Å². The fourth-order valence-corrected chi connectivity index (χ4v) is 2.76. The Bertz CT molecular complexity index is 738. The van der Waals surface area contributed by atoms with Gasteiger partial charge in [0.25, 0.3) is 0 Å². The number of aryl methyl sites for hydroxylation is 2. The molecule has 1 saturated heterocycles. The second-order valence-electron chi connectivity index (χ2n) is 6.13. The highest BCUT2D eigenvalue weighted by Crippen LogP contribution is 2.22. The van der Waals surface area contributed by atoms with E-state index in [9.17, 15) is 9.59 Å². The molecule has 3 rings (SSSR count). The van der Waals surface area contributed by atoms with Gasteiger partial charge in [0.1, 0.15) is 6.04 Å². The topological polar surface area (TPSA) is 61.4 Å². The molecule has 1 fully saturated rings. The van der Waals surface area contributed by atoms with Crippen LogP contribution in [0.15, 0.2) is 48.5 Å². The summed E-state index contributed by atoms with van der Waals surface area (Å²) in [6.07, 6.45) is 0.605. The summed E-state index contributed by atoms with van der Waals surface area (Å²) in [7, 11) is 0. The number of rotatable bonds is 3. The van der Waals surface area contributed by atoms with Crippen LogP contribution in [0, 0.1) is 13.8 Å². The van der Waals surface area contributed by atoms with Crippen molar-refractivity contribution in [3.05, 3.63) is 59.7 Å². The zero-order chi connectivity index (χ0) is 17.1. The number of urea groups is 1. The van der Waals surface area contributed by atoms with Crippen LogP contribution in [0.3, 0.4) is 0 Å². The molecular weight excluding hydrogens is 302 g/mol. The molecule has 1 heterocycles. The van der Waals surface area contributed by atoms with E-state index in [4.69, 9.17) is 0 Å².